The lowest BCUT2D eigenvalue weighted by atomic mass is 10.2. The first-order chi connectivity index (χ1) is 9.19. The molecule has 0 amide bonds. The fourth-order valence-corrected chi connectivity index (χ4v) is 2.83. The number of nitrogens with one attached hydrogen (secondary N) is 1. The Balaban J connectivity index is 2.30. The molecule has 1 unspecified atom stereocenters. The number of nitrogens with zero attached hydrogens (tertiary/aromatic N) is 2. The minimum absolute atomic E-state index is 0.189. The molecule has 0 spiro atoms. The lowest BCUT2D eigenvalue weighted by Gasteiger charge is -2.08. The molecule has 0 bridgehead atoms. The first-order valence-corrected chi connectivity index (χ1v) is 6.85. The Morgan fingerprint density at radius 1 is 1.42 bits per heavy atom. The van der Waals surface area contributed by atoms with Gasteiger partial charge in [0.05, 0.1) is 13.2 Å². The topological polar surface area (TPSA) is 47.0 Å². The zero-order valence-corrected chi connectivity index (χ0v) is 11.9. The van der Waals surface area contributed by atoms with Gasteiger partial charge < -0.3 is 10.1 Å². The molecule has 1 heterocycles. The van der Waals surface area contributed by atoms with E-state index in [2.05, 4.69) is 22.4 Å². The van der Waals surface area contributed by atoms with Gasteiger partial charge in [0.1, 0.15) is 10.0 Å². The van der Waals surface area contributed by atoms with Gasteiger partial charge in [0.15, 0.2) is 11.6 Å². The maximum atomic E-state index is 13.7. The van der Waals surface area contributed by atoms with Gasteiger partial charge in [0.2, 0.25) is 0 Å². The second kappa shape index (κ2) is 6.08. The highest BCUT2D eigenvalue weighted by Gasteiger charge is 2.15. The number of hydrogen-bond acceptors (Lipinski definition) is 5. The number of methoxy groups -OCH3 is 1. The molecular formula is C13H16FN3OS. The Hall–Kier alpha value is -1.53. The van der Waals surface area contributed by atoms with Crippen molar-refractivity contribution in [2.24, 2.45) is 0 Å². The Labute approximate surface area is 115 Å². The van der Waals surface area contributed by atoms with Gasteiger partial charge in [-0.2, -0.15) is 0 Å². The van der Waals surface area contributed by atoms with Crippen molar-refractivity contribution in [3.05, 3.63) is 29.0 Å². The summed E-state index contributed by atoms with van der Waals surface area (Å²) in [7, 11) is 3.34. The van der Waals surface area contributed by atoms with Gasteiger partial charge in [-0.25, -0.2) is 4.39 Å². The van der Waals surface area contributed by atoms with Crippen molar-refractivity contribution in [1.82, 2.24) is 15.5 Å². The molecule has 0 radical (unpaired) electrons. The second-order valence-electron chi connectivity index (χ2n) is 4.04. The standard InChI is InChI=1S/C13H16FN3OS/c1-4-10(15-2)13-17-16-12(19-13)8-5-6-11(18-3)9(14)7-8/h5-7,10,15H,4H2,1-3H3. The van der Waals surface area contributed by atoms with E-state index < -0.39 is 5.82 Å². The zero-order valence-electron chi connectivity index (χ0n) is 11.1. The zero-order chi connectivity index (χ0) is 13.8. The van der Waals surface area contributed by atoms with Gasteiger partial charge in [0, 0.05) is 5.56 Å². The molecule has 0 aliphatic rings. The monoisotopic (exact) mass is 281 g/mol. The van der Waals surface area contributed by atoms with E-state index in [0.29, 0.717) is 10.6 Å². The van der Waals surface area contributed by atoms with Crippen molar-refractivity contribution in [3.63, 3.8) is 0 Å². The van der Waals surface area contributed by atoms with E-state index in [9.17, 15) is 4.39 Å². The molecule has 0 aliphatic heterocycles. The predicted molar refractivity (Wildman–Crippen MR) is 73.9 cm³/mol. The molecule has 2 aromatic rings. The van der Waals surface area contributed by atoms with Crippen LogP contribution in [0.1, 0.15) is 24.4 Å². The van der Waals surface area contributed by atoms with E-state index in [-0.39, 0.29) is 11.8 Å². The predicted octanol–water partition coefficient (Wildman–Crippen LogP) is 3.02. The first-order valence-electron chi connectivity index (χ1n) is 6.04. The summed E-state index contributed by atoms with van der Waals surface area (Å²) >= 11 is 1.47. The number of rotatable bonds is 5. The van der Waals surface area contributed by atoms with Gasteiger partial charge in [-0.15, -0.1) is 10.2 Å². The third-order valence-corrected chi connectivity index (χ3v) is 3.98. The second-order valence-corrected chi connectivity index (χ2v) is 5.05. The molecule has 0 saturated heterocycles. The van der Waals surface area contributed by atoms with Crippen LogP contribution in [0.2, 0.25) is 0 Å². The van der Waals surface area contributed by atoms with E-state index in [0.717, 1.165) is 11.4 Å². The summed E-state index contributed by atoms with van der Waals surface area (Å²) in [6.45, 7) is 2.08. The first kappa shape index (κ1) is 13.9. The highest BCUT2D eigenvalue weighted by molar-refractivity contribution is 7.14. The Morgan fingerprint density at radius 3 is 2.79 bits per heavy atom. The van der Waals surface area contributed by atoms with Crippen molar-refractivity contribution in [2.75, 3.05) is 14.2 Å². The van der Waals surface area contributed by atoms with Crippen LogP contribution in [0.4, 0.5) is 4.39 Å². The van der Waals surface area contributed by atoms with Crippen LogP contribution in [0.25, 0.3) is 10.6 Å². The lowest BCUT2D eigenvalue weighted by molar-refractivity contribution is 0.386. The highest BCUT2D eigenvalue weighted by atomic mass is 32.1. The molecule has 1 aromatic carbocycles. The third kappa shape index (κ3) is 2.90. The van der Waals surface area contributed by atoms with Crippen LogP contribution in [0, 0.1) is 5.82 Å². The molecule has 0 fully saturated rings. The van der Waals surface area contributed by atoms with E-state index in [1.807, 2.05) is 7.05 Å². The minimum Gasteiger partial charge on any atom is -0.494 e. The van der Waals surface area contributed by atoms with E-state index in [1.165, 1.54) is 24.5 Å². The lowest BCUT2D eigenvalue weighted by Crippen LogP contribution is -2.14. The van der Waals surface area contributed by atoms with Crippen LogP contribution in [0.3, 0.4) is 0 Å². The Morgan fingerprint density at radius 2 is 2.21 bits per heavy atom. The van der Waals surface area contributed by atoms with Gasteiger partial charge in [-0.05, 0) is 31.7 Å². The summed E-state index contributed by atoms with van der Waals surface area (Å²) in [5, 5.41) is 13.1. The maximum absolute atomic E-state index is 13.7. The number of hydrogen-bond donors (Lipinski definition) is 1. The summed E-state index contributed by atoms with van der Waals surface area (Å²) in [5.74, 6) is -0.160. The quantitative estimate of drug-likeness (QED) is 0.915. The normalized spacial score (nSPS) is 12.4. The van der Waals surface area contributed by atoms with Crippen LogP contribution in [0.15, 0.2) is 18.2 Å². The van der Waals surface area contributed by atoms with Crippen molar-refractivity contribution in [1.29, 1.82) is 0 Å². The Kier molecular flexibility index (Phi) is 4.44. The summed E-state index contributed by atoms with van der Waals surface area (Å²) in [4.78, 5) is 0. The molecule has 2 rings (SSSR count). The SMILES string of the molecule is CCC(NC)c1nnc(-c2ccc(OC)c(F)c2)s1. The molecule has 1 N–H and O–H groups in total. The van der Waals surface area contributed by atoms with Crippen LogP contribution < -0.4 is 10.1 Å². The van der Waals surface area contributed by atoms with Crippen LogP contribution in [-0.4, -0.2) is 24.4 Å². The molecule has 0 aliphatic carbocycles. The molecule has 4 nitrogen and oxygen atoms in total. The van der Waals surface area contributed by atoms with Crippen molar-refractivity contribution >= 4 is 11.3 Å². The minimum atomic E-state index is -0.391. The van der Waals surface area contributed by atoms with E-state index in [1.54, 1.807) is 12.1 Å². The average Bonchev–Trinajstić information content (AvgIpc) is 2.90. The fourth-order valence-electron chi connectivity index (χ4n) is 1.79. The van der Waals surface area contributed by atoms with E-state index >= 15 is 0 Å². The largest absolute Gasteiger partial charge is 0.494 e. The number of benzene rings is 1. The maximum Gasteiger partial charge on any atom is 0.165 e. The molecule has 19 heavy (non-hydrogen) atoms. The number of ether oxygens (including phenoxy) is 1. The molecule has 0 saturated carbocycles. The van der Waals surface area contributed by atoms with Crippen molar-refractivity contribution in [3.8, 4) is 16.3 Å². The van der Waals surface area contributed by atoms with Crippen LogP contribution in [0.5, 0.6) is 5.75 Å². The van der Waals surface area contributed by atoms with Gasteiger partial charge >= 0.3 is 0 Å². The van der Waals surface area contributed by atoms with Crippen LogP contribution in [-0.2, 0) is 0 Å². The fraction of sp³-hybridized carbons (Fsp3) is 0.385. The van der Waals surface area contributed by atoms with Gasteiger partial charge in [-0.3, -0.25) is 0 Å². The summed E-state index contributed by atoms with van der Waals surface area (Å²) in [5.41, 5.74) is 0.716. The van der Waals surface area contributed by atoms with E-state index in [4.69, 9.17) is 4.74 Å². The van der Waals surface area contributed by atoms with Crippen molar-refractivity contribution < 1.29 is 9.13 Å². The van der Waals surface area contributed by atoms with Crippen molar-refractivity contribution in [2.45, 2.75) is 19.4 Å². The van der Waals surface area contributed by atoms with Gasteiger partial charge in [-0.1, -0.05) is 18.3 Å². The molecular weight excluding hydrogens is 265 g/mol. The average molecular weight is 281 g/mol. The summed E-state index contributed by atoms with van der Waals surface area (Å²) in [6.07, 6.45) is 0.933. The highest BCUT2D eigenvalue weighted by Crippen LogP contribution is 2.30. The summed E-state index contributed by atoms with van der Waals surface area (Å²) in [6, 6.07) is 4.99. The number of aromatic nitrogens is 2. The van der Waals surface area contributed by atoms with Gasteiger partial charge in [0.25, 0.3) is 0 Å². The Bertz CT molecular complexity index is 555. The smallest absolute Gasteiger partial charge is 0.165 e. The van der Waals surface area contributed by atoms with Crippen LogP contribution >= 0.6 is 11.3 Å². The molecule has 102 valence electrons. The third-order valence-electron chi connectivity index (χ3n) is 2.89. The summed E-state index contributed by atoms with van der Waals surface area (Å²) < 4.78 is 18.5. The molecule has 1 atom stereocenters. The molecule has 6 heteroatoms. The molecule has 1 aromatic heterocycles. The number of halogens is 1.